The summed E-state index contributed by atoms with van der Waals surface area (Å²) < 4.78 is 8.04. The molecule has 4 heteroatoms. The number of benzene rings is 1. The van der Waals surface area contributed by atoms with E-state index in [1.54, 1.807) is 0 Å². The lowest BCUT2D eigenvalue weighted by Gasteiger charge is -2.10. The van der Waals surface area contributed by atoms with Gasteiger partial charge >= 0.3 is 0 Å². The van der Waals surface area contributed by atoms with Crippen LogP contribution in [0.1, 0.15) is 37.3 Å². The van der Waals surface area contributed by atoms with E-state index < -0.39 is 0 Å². The van der Waals surface area contributed by atoms with Crippen molar-refractivity contribution in [2.45, 2.75) is 38.5 Å². The molecule has 0 saturated carbocycles. The highest BCUT2D eigenvalue weighted by Crippen LogP contribution is 2.33. The van der Waals surface area contributed by atoms with Crippen LogP contribution in [0.25, 0.3) is 11.0 Å². The van der Waals surface area contributed by atoms with Crippen LogP contribution in [0.15, 0.2) is 18.2 Å². The van der Waals surface area contributed by atoms with Crippen LogP contribution in [0.4, 0.5) is 0 Å². The summed E-state index contributed by atoms with van der Waals surface area (Å²) in [6.07, 6.45) is 2.65. The number of aryl methyl sites for hydroxylation is 1. The molecule has 18 heavy (non-hydrogen) atoms. The third-order valence-corrected chi connectivity index (χ3v) is 3.74. The molecule has 0 bridgehead atoms. The average molecular weight is 245 g/mol. The van der Waals surface area contributed by atoms with Crippen molar-refractivity contribution in [3.63, 3.8) is 0 Å². The lowest BCUT2D eigenvalue weighted by molar-refractivity contribution is 0.0490. The first-order valence-corrected chi connectivity index (χ1v) is 6.50. The fraction of sp³-hybridized carbons (Fsp3) is 0.500. The number of nitrogens with two attached hydrogens (primary N) is 1. The van der Waals surface area contributed by atoms with Gasteiger partial charge in [-0.05, 0) is 37.5 Å². The molecule has 1 aliphatic heterocycles. The molecule has 2 unspecified atom stereocenters. The molecule has 1 aromatic carbocycles. The Morgan fingerprint density at radius 1 is 1.44 bits per heavy atom. The van der Waals surface area contributed by atoms with Crippen LogP contribution in [-0.2, 0) is 18.3 Å². The van der Waals surface area contributed by atoms with Gasteiger partial charge in [0, 0.05) is 13.6 Å². The number of fused-ring (bicyclic) bond motifs is 1. The summed E-state index contributed by atoms with van der Waals surface area (Å²) in [4.78, 5) is 4.72. The smallest absolute Gasteiger partial charge is 0.138 e. The Morgan fingerprint density at radius 2 is 2.28 bits per heavy atom. The summed E-state index contributed by atoms with van der Waals surface area (Å²) in [6, 6.07) is 6.22. The van der Waals surface area contributed by atoms with E-state index in [0.717, 1.165) is 35.3 Å². The second-order valence-corrected chi connectivity index (χ2v) is 5.07. The topological polar surface area (TPSA) is 53.1 Å². The molecule has 1 saturated heterocycles. The summed E-state index contributed by atoms with van der Waals surface area (Å²) in [5.41, 5.74) is 8.94. The first kappa shape index (κ1) is 11.7. The number of imidazole rings is 1. The Labute approximate surface area is 107 Å². The van der Waals surface area contributed by atoms with Gasteiger partial charge in [-0.2, -0.15) is 0 Å². The molecule has 0 amide bonds. The van der Waals surface area contributed by atoms with Crippen LogP contribution in [0, 0.1) is 0 Å². The summed E-state index contributed by atoms with van der Waals surface area (Å²) in [5.74, 6) is 1.03. The zero-order valence-corrected chi connectivity index (χ0v) is 10.9. The van der Waals surface area contributed by atoms with Crippen molar-refractivity contribution in [2.24, 2.45) is 12.8 Å². The van der Waals surface area contributed by atoms with Crippen molar-refractivity contribution in [1.82, 2.24) is 9.55 Å². The van der Waals surface area contributed by atoms with Crippen LogP contribution in [-0.4, -0.2) is 15.7 Å². The average Bonchev–Trinajstić information content (AvgIpc) is 2.93. The number of hydrogen-bond donors (Lipinski definition) is 1. The lowest BCUT2D eigenvalue weighted by atomic mass is 10.2. The minimum absolute atomic E-state index is 0.138. The Hall–Kier alpha value is -1.39. The second kappa shape index (κ2) is 4.37. The quantitative estimate of drug-likeness (QED) is 0.883. The summed E-state index contributed by atoms with van der Waals surface area (Å²) >= 11 is 0. The molecule has 96 valence electrons. The van der Waals surface area contributed by atoms with Gasteiger partial charge in [-0.15, -0.1) is 0 Å². The van der Waals surface area contributed by atoms with Crippen LogP contribution >= 0.6 is 0 Å². The maximum absolute atomic E-state index is 5.91. The summed E-state index contributed by atoms with van der Waals surface area (Å²) in [5, 5.41) is 0. The van der Waals surface area contributed by atoms with Gasteiger partial charge in [0.15, 0.2) is 0 Å². The van der Waals surface area contributed by atoms with Gasteiger partial charge in [0.2, 0.25) is 0 Å². The van der Waals surface area contributed by atoms with Crippen molar-refractivity contribution in [1.29, 1.82) is 0 Å². The van der Waals surface area contributed by atoms with Gasteiger partial charge in [-0.1, -0.05) is 6.07 Å². The highest BCUT2D eigenvalue weighted by Gasteiger charge is 2.27. The van der Waals surface area contributed by atoms with Crippen molar-refractivity contribution < 1.29 is 4.74 Å². The van der Waals surface area contributed by atoms with E-state index in [1.807, 2.05) is 0 Å². The number of ether oxygens (including phenoxy) is 1. The number of hydrogen-bond acceptors (Lipinski definition) is 3. The monoisotopic (exact) mass is 245 g/mol. The largest absolute Gasteiger partial charge is 0.367 e. The summed E-state index contributed by atoms with van der Waals surface area (Å²) in [7, 11) is 2.05. The fourth-order valence-electron chi connectivity index (χ4n) is 2.67. The fourth-order valence-corrected chi connectivity index (χ4v) is 2.67. The Morgan fingerprint density at radius 3 is 2.94 bits per heavy atom. The molecule has 1 fully saturated rings. The van der Waals surface area contributed by atoms with Crippen LogP contribution in [0.2, 0.25) is 0 Å². The van der Waals surface area contributed by atoms with E-state index in [2.05, 4.69) is 36.7 Å². The highest BCUT2D eigenvalue weighted by atomic mass is 16.5. The Kier molecular flexibility index (Phi) is 2.84. The predicted octanol–water partition coefficient (Wildman–Crippen LogP) is 2.27. The third-order valence-electron chi connectivity index (χ3n) is 3.74. The lowest BCUT2D eigenvalue weighted by Crippen LogP contribution is -2.06. The molecule has 1 aromatic heterocycles. The van der Waals surface area contributed by atoms with Crippen molar-refractivity contribution in [2.75, 3.05) is 0 Å². The second-order valence-electron chi connectivity index (χ2n) is 5.07. The van der Waals surface area contributed by atoms with Gasteiger partial charge in [0.25, 0.3) is 0 Å². The van der Waals surface area contributed by atoms with Gasteiger partial charge in [0.05, 0.1) is 17.1 Å². The number of rotatable bonds is 2. The zero-order chi connectivity index (χ0) is 12.7. The molecule has 3 rings (SSSR count). The molecule has 4 nitrogen and oxygen atoms in total. The Balaban J connectivity index is 2.05. The minimum Gasteiger partial charge on any atom is -0.367 e. The zero-order valence-electron chi connectivity index (χ0n) is 10.9. The van der Waals surface area contributed by atoms with Crippen molar-refractivity contribution in [3.05, 3.63) is 29.6 Å². The normalized spacial score (nSPS) is 23.9. The molecule has 2 atom stereocenters. The van der Waals surface area contributed by atoms with Gasteiger partial charge in [-0.25, -0.2) is 4.98 Å². The van der Waals surface area contributed by atoms with E-state index in [9.17, 15) is 0 Å². The number of aromatic nitrogens is 2. The third kappa shape index (κ3) is 1.82. The molecule has 0 spiro atoms. The van der Waals surface area contributed by atoms with Gasteiger partial charge in [-0.3, -0.25) is 0 Å². The maximum Gasteiger partial charge on any atom is 0.138 e. The molecule has 0 radical (unpaired) electrons. The standard InChI is InChI=1S/C14H19N3O/c1-9-3-6-13(18-9)14-16-11-7-10(8-15)4-5-12(11)17(14)2/h4-5,7,9,13H,3,6,8,15H2,1-2H3. The van der Waals surface area contributed by atoms with E-state index >= 15 is 0 Å². The molecule has 1 aliphatic rings. The van der Waals surface area contributed by atoms with E-state index in [0.29, 0.717) is 12.6 Å². The predicted molar refractivity (Wildman–Crippen MR) is 71.1 cm³/mol. The van der Waals surface area contributed by atoms with Crippen LogP contribution in [0.5, 0.6) is 0 Å². The highest BCUT2D eigenvalue weighted by molar-refractivity contribution is 5.76. The molecular weight excluding hydrogens is 226 g/mol. The van der Waals surface area contributed by atoms with Gasteiger partial charge in [0.1, 0.15) is 11.9 Å². The first-order valence-electron chi connectivity index (χ1n) is 6.50. The van der Waals surface area contributed by atoms with Crippen LogP contribution < -0.4 is 5.73 Å². The van der Waals surface area contributed by atoms with Crippen molar-refractivity contribution >= 4 is 11.0 Å². The summed E-state index contributed by atoms with van der Waals surface area (Å²) in [6.45, 7) is 2.67. The van der Waals surface area contributed by atoms with Crippen LogP contribution in [0.3, 0.4) is 0 Å². The molecular formula is C14H19N3O. The van der Waals surface area contributed by atoms with Gasteiger partial charge < -0.3 is 15.0 Å². The van der Waals surface area contributed by atoms with Crippen molar-refractivity contribution in [3.8, 4) is 0 Å². The molecule has 2 aromatic rings. The Bertz CT molecular complexity index is 576. The maximum atomic E-state index is 5.91. The molecule has 0 aliphatic carbocycles. The van der Waals surface area contributed by atoms with E-state index in [-0.39, 0.29) is 6.10 Å². The van der Waals surface area contributed by atoms with E-state index in [1.165, 1.54) is 0 Å². The molecule has 2 N–H and O–H groups in total. The first-order chi connectivity index (χ1) is 8.69. The SMILES string of the molecule is CC1CCC(c2nc3cc(CN)ccc3n2C)O1. The number of nitrogens with zero attached hydrogens (tertiary/aromatic N) is 2. The molecule has 2 heterocycles. The minimum atomic E-state index is 0.138. The van der Waals surface area contributed by atoms with E-state index in [4.69, 9.17) is 15.5 Å².